The first-order valence-corrected chi connectivity index (χ1v) is 7.45. The van der Waals surface area contributed by atoms with Crippen LogP contribution in [-0.2, 0) is 4.74 Å². The van der Waals surface area contributed by atoms with Gasteiger partial charge in [0.25, 0.3) is 11.6 Å². The lowest BCUT2D eigenvalue weighted by atomic mass is 10.1. The first-order chi connectivity index (χ1) is 12.0. The third-order valence-electron chi connectivity index (χ3n) is 3.26. The molecule has 1 aromatic rings. The van der Waals surface area contributed by atoms with Gasteiger partial charge in [-0.25, -0.2) is 4.79 Å². The van der Waals surface area contributed by atoms with Gasteiger partial charge >= 0.3 is 12.1 Å². The summed E-state index contributed by atoms with van der Waals surface area (Å²) in [6.45, 7) is -0.895. The number of amides is 1. The van der Waals surface area contributed by atoms with Crippen LogP contribution in [0.1, 0.15) is 27.1 Å². The monoisotopic (exact) mass is 377 g/mol. The third kappa shape index (κ3) is 7.05. The Morgan fingerprint density at radius 2 is 1.88 bits per heavy atom. The van der Waals surface area contributed by atoms with E-state index in [1.165, 1.54) is 7.05 Å². The van der Waals surface area contributed by atoms with Crippen molar-refractivity contribution in [2.45, 2.75) is 12.6 Å². The van der Waals surface area contributed by atoms with Gasteiger partial charge in [-0.1, -0.05) is 0 Å². The number of alkyl halides is 3. The Balaban J connectivity index is 2.68. The Hall–Kier alpha value is -2.69. The van der Waals surface area contributed by atoms with Crippen LogP contribution in [-0.4, -0.2) is 61.7 Å². The van der Waals surface area contributed by atoms with Crippen molar-refractivity contribution in [2.24, 2.45) is 0 Å². The molecule has 0 saturated carbocycles. The smallest absolute Gasteiger partial charge is 0.401 e. The lowest BCUT2D eigenvalue weighted by Crippen LogP contribution is -2.33. The maximum absolute atomic E-state index is 12.2. The summed E-state index contributed by atoms with van der Waals surface area (Å²) >= 11 is 0. The number of carbonyl (C=O) groups is 2. The zero-order chi connectivity index (χ0) is 19.9. The summed E-state index contributed by atoms with van der Waals surface area (Å²) in [5.74, 6) is -1.52. The van der Waals surface area contributed by atoms with Crippen LogP contribution in [0.3, 0.4) is 0 Å². The largest absolute Gasteiger partial charge is 0.465 e. The van der Waals surface area contributed by atoms with E-state index < -0.39 is 35.2 Å². The summed E-state index contributed by atoms with van der Waals surface area (Å²) in [6, 6.07) is 3.12. The van der Waals surface area contributed by atoms with E-state index in [2.05, 4.69) is 10.1 Å². The molecule has 11 heteroatoms. The fourth-order valence-electron chi connectivity index (χ4n) is 2.12. The number of nitro groups is 1. The normalized spacial score (nSPS) is 11.3. The van der Waals surface area contributed by atoms with Gasteiger partial charge in [-0.15, -0.1) is 0 Å². The quantitative estimate of drug-likeness (QED) is 0.322. The van der Waals surface area contributed by atoms with Crippen LogP contribution in [0.5, 0.6) is 0 Å². The minimum absolute atomic E-state index is 0.0667. The van der Waals surface area contributed by atoms with Crippen molar-refractivity contribution < 1.29 is 32.4 Å². The van der Waals surface area contributed by atoms with Crippen LogP contribution in [0, 0.1) is 10.1 Å². The predicted molar refractivity (Wildman–Crippen MR) is 84.9 cm³/mol. The third-order valence-corrected chi connectivity index (χ3v) is 3.26. The van der Waals surface area contributed by atoms with Gasteiger partial charge in [0.2, 0.25) is 0 Å². The molecule has 0 aliphatic rings. The van der Waals surface area contributed by atoms with Gasteiger partial charge in [-0.05, 0) is 26.1 Å². The molecule has 8 nitrogen and oxygen atoms in total. The number of nitrogens with one attached hydrogen (secondary N) is 1. The highest BCUT2D eigenvalue weighted by atomic mass is 19.4. The molecule has 26 heavy (non-hydrogen) atoms. The number of benzene rings is 1. The van der Waals surface area contributed by atoms with Gasteiger partial charge in [0.1, 0.15) is 0 Å². The van der Waals surface area contributed by atoms with Crippen molar-refractivity contribution in [2.75, 3.05) is 33.8 Å². The van der Waals surface area contributed by atoms with Crippen LogP contribution in [0.25, 0.3) is 0 Å². The van der Waals surface area contributed by atoms with Crippen molar-refractivity contribution in [1.29, 1.82) is 0 Å². The minimum Gasteiger partial charge on any atom is -0.465 e. The molecule has 0 bridgehead atoms. The second kappa shape index (κ2) is 9.13. The summed E-state index contributed by atoms with van der Waals surface area (Å²) in [7, 11) is 2.40. The summed E-state index contributed by atoms with van der Waals surface area (Å²) in [6.07, 6.45) is -4.05. The molecule has 1 amide bonds. The highest BCUT2D eigenvalue weighted by Gasteiger charge is 2.28. The zero-order valence-electron chi connectivity index (χ0n) is 14.1. The molecule has 0 saturated heterocycles. The highest BCUT2D eigenvalue weighted by molar-refractivity contribution is 5.98. The zero-order valence-corrected chi connectivity index (χ0v) is 14.1. The number of ether oxygens (including phenoxy) is 1. The Morgan fingerprint density at radius 1 is 1.27 bits per heavy atom. The molecular weight excluding hydrogens is 359 g/mol. The Morgan fingerprint density at radius 3 is 2.42 bits per heavy atom. The second-order valence-electron chi connectivity index (χ2n) is 5.48. The van der Waals surface area contributed by atoms with Crippen molar-refractivity contribution in [1.82, 2.24) is 10.2 Å². The van der Waals surface area contributed by atoms with Gasteiger partial charge in [-0.2, -0.15) is 13.2 Å². The van der Waals surface area contributed by atoms with Crippen LogP contribution in [0.2, 0.25) is 0 Å². The molecule has 144 valence electrons. The topological polar surface area (TPSA) is 102 Å². The van der Waals surface area contributed by atoms with E-state index in [1.807, 2.05) is 0 Å². The number of methoxy groups -OCH3 is 1. The summed E-state index contributed by atoms with van der Waals surface area (Å²) in [4.78, 5) is 34.8. The lowest BCUT2D eigenvalue weighted by molar-refractivity contribution is -0.384. The van der Waals surface area contributed by atoms with E-state index in [0.717, 1.165) is 30.2 Å². The molecule has 0 aromatic heterocycles. The van der Waals surface area contributed by atoms with Crippen molar-refractivity contribution >= 4 is 17.6 Å². The molecular formula is C15H18F3N3O5. The summed E-state index contributed by atoms with van der Waals surface area (Å²) in [5.41, 5.74) is -0.733. The van der Waals surface area contributed by atoms with Crippen LogP contribution in [0.15, 0.2) is 18.2 Å². The van der Waals surface area contributed by atoms with Crippen LogP contribution < -0.4 is 5.32 Å². The van der Waals surface area contributed by atoms with Crippen LogP contribution >= 0.6 is 0 Å². The first-order valence-electron chi connectivity index (χ1n) is 7.45. The number of nitrogens with zero attached hydrogens (tertiary/aromatic N) is 2. The molecule has 1 N–H and O–H groups in total. The highest BCUT2D eigenvalue weighted by Crippen LogP contribution is 2.18. The maximum Gasteiger partial charge on any atom is 0.401 e. The summed E-state index contributed by atoms with van der Waals surface area (Å²) < 4.78 is 41.1. The van der Waals surface area contributed by atoms with Crippen molar-refractivity contribution in [3.8, 4) is 0 Å². The molecule has 0 fully saturated rings. The fourth-order valence-corrected chi connectivity index (χ4v) is 2.12. The SMILES string of the molecule is COC(=O)c1cc(C(=O)NCCCN(C)CC(F)(F)F)cc([N+](=O)[O-])c1. The molecule has 1 rings (SSSR count). The molecule has 0 aliphatic carbocycles. The number of non-ortho nitro benzene ring substituents is 1. The Bertz CT molecular complexity index is 679. The molecule has 0 spiro atoms. The van der Waals surface area contributed by atoms with Crippen molar-refractivity contribution in [3.63, 3.8) is 0 Å². The second-order valence-corrected chi connectivity index (χ2v) is 5.48. The first kappa shape index (κ1) is 21.4. The predicted octanol–water partition coefficient (Wildman–Crippen LogP) is 2.00. The number of esters is 1. The van der Waals surface area contributed by atoms with Gasteiger partial charge in [0.15, 0.2) is 0 Å². The molecule has 0 radical (unpaired) electrons. The number of nitro benzene ring substituents is 1. The van der Waals surface area contributed by atoms with Gasteiger partial charge in [0.05, 0.1) is 24.1 Å². The lowest BCUT2D eigenvalue weighted by Gasteiger charge is -2.18. The van der Waals surface area contributed by atoms with Crippen molar-refractivity contribution in [3.05, 3.63) is 39.4 Å². The van der Waals surface area contributed by atoms with Crippen LogP contribution in [0.4, 0.5) is 18.9 Å². The molecule has 0 aliphatic heterocycles. The van der Waals surface area contributed by atoms with E-state index in [4.69, 9.17) is 0 Å². The molecule has 0 atom stereocenters. The number of hydrogen-bond donors (Lipinski definition) is 1. The number of hydrogen-bond acceptors (Lipinski definition) is 6. The van der Waals surface area contributed by atoms with E-state index in [0.29, 0.717) is 0 Å². The molecule has 1 aromatic carbocycles. The van der Waals surface area contributed by atoms with E-state index in [1.54, 1.807) is 0 Å². The average molecular weight is 377 g/mol. The maximum atomic E-state index is 12.2. The summed E-state index contributed by atoms with van der Waals surface area (Å²) in [5, 5.41) is 13.4. The van der Waals surface area contributed by atoms with E-state index in [-0.39, 0.29) is 30.6 Å². The number of halogens is 3. The molecule has 0 unspecified atom stereocenters. The van der Waals surface area contributed by atoms with Gasteiger partial charge < -0.3 is 10.1 Å². The number of carbonyl (C=O) groups excluding carboxylic acids is 2. The Kier molecular flexibility index (Phi) is 7.50. The van der Waals surface area contributed by atoms with E-state index in [9.17, 15) is 32.9 Å². The molecule has 0 heterocycles. The fraction of sp³-hybridized carbons (Fsp3) is 0.467. The van der Waals surface area contributed by atoms with E-state index >= 15 is 0 Å². The standard InChI is InChI=1S/C15H18F3N3O5/c1-20(9-15(16,17)18)5-3-4-19-13(22)10-6-11(14(23)26-2)8-12(7-10)21(24)25/h6-8H,3-5,9H2,1-2H3,(H,19,22). The van der Waals surface area contributed by atoms with Gasteiger partial charge in [-0.3, -0.25) is 19.8 Å². The Labute approximate surface area is 147 Å². The number of rotatable bonds is 8. The minimum atomic E-state index is -4.30. The van der Waals surface area contributed by atoms with Gasteiger partial charge in [0, 0.05) is 24.2 Å². The average Bonchev–Trinajstić information content (AvgIpc) is 2.55.